The fourth-order valence-electron chi connectivity index (χ4n) is 1.72. The van der Waals surface area contributed by atoms with E-state index in [4.69, 9.17) is 34.4 Å². The minimum absolute atomic E-state index is 0.0161. The second-order valence-corrected chi connectivity index (χ2v) is 4.97. The molecule has 0 aromatic heterocycles. The number of nitrogens with two attached hydrogens (primary N) is 6. The average Bonchev–Trinajstić information content (AvgIpc) is 2.45. The molecular formula is C12H27N9O2. The molecule has 0 spiro atoms. The lowest BCUT2D eigenvalue weighted by Crippen LogP contribution is -2.50. The smallest absolute Gasteiger partial charge is 0.240 e. The Bertz CT molecular complexity index is 442. The molecular weight excluding hydrogens is 302 g/mol. The van der Waals surface area contributed by atoms with Gasteiger partial charge in [0.1, 0.15) is 6.04 Å². The van der Waals surface area contributed by atoms with E-state index in [9.17, 15) is 9.59 Å². The number of amides is 2. The predicted molar refractivity (Wildman–Crippen MR) is 88.9 cm³/mol. The molecule has 0 unspecified atom stereocenters. The third kappa shape index (κ3) is 10.8. The zero-order valence-corrected chi connectivity index (χ0v) is 13.1. The fourth-order valence-corrected chi connectivity index (χ4v) is 1.72. The Labute approximate surface area is 134 Å². The number of aliphatic imine (C=N–C) groups is 2. The summed E-state index contributed by atoms with van der Waals surface area (Å²) in [4.78, 5) is 30.9. The summed E-state index contributed by atoms with van der Waals surface area (Å²) in [7, 11) is 0. The molecule has 0 saturated carbocycles. The number of primary amides is 1. The van der Waals surface area contributed by atoms with Crippen molar-refractivity contribution >= 4 is 23.7 Å². The first-order valence-electron chi connectivity index (χ1n) is 7.20. The number of nitrogens with one attached hydrogen (secondary N) is 1. The van der Waals surface area contributed by atoms with Gasteiger partial charge >= 0.3 is 0 Å². The van der Waals surface area contributed by atoms with Crippen LogP contribution in [0.25, 0.3) is 0 Å². The van der Waals surface area contributed by atoms with E-state index >= 15 is 0 Å². The van der Waals surface area contributed by atoms with Crippen LogP contribution in [-0.2, 0) is 9.59 Å². The van der Waals surface area contributed by atoms with Crippen LogP contribution in [0.15, 0.2) is 9.98 Å². The summed E-state index contributed by atoms with van der Waals surface area (Å²) in [6, 6.07) is -1.59. The van der Waals surface area contributed by atoms with Gasteiger partial charge in [-0.2, -0.15) is 0 Å². The summed E-state index contributed by atoms with van der Waals surface area (Å²) in [6.45, 7) is 0.716. The van der Waals surface area contributed by atoms with Crippen LogP contribution in [0.5, 0.6) is 0 Å². The van der Waals surface area contributed by atoms with Gasteiger partial charge in [0.25, 0.3) is 0 Å². The van der Waals surface area contributed by atoms with Gasteiger partial charge in [-0.3, -0.25) is 19.6 Å². The first-order chi connectivity index (χ1) is 10.7. The Morgan fingerprint density at radius 1 is 0.870 bits per heavy atom. The summed E-state index contributed by atoms with van der Waals surface area (Å²) in [6.07, 6.45) is 1.73. The average molecular weight is 329 g/mol. The molecule has 11 nitrogen and oxygen atoms in total. The molecule has 2 atom stereocenters. The molecule has 11 heteroatoms. The molecule has 23 heavy (non-hydrogen) atoms. The van der Waals surface area contributed by atoms with E-state index in [-0.39, 0.29) is 11.9 Å². The van der Waals surface area contributed by atoms with Gasteiger partial charge in [0.15, 0.2) is 11.9 Å². The summed E-state index contributed by atoms with van der Waals surface area (Å²) < 4.78 is 0. The SMILES string of the molecule is NC(=O)[C@H](CCCN=C(N)N)NC(=O)[C@@H](N)CCCN=C(N)N. The second kappa shape index (κ2) is 11.1. The highest BCUT2D eigenvalue weighted by molar-refractivity contribution is 5.88. The maximum Gasteiger partial charge on any atom is 0.240 e. The van der Waals surface area contributed by atoms with Crippen molar-refractivity contribution in [3.05, 3.63) is 0 Å². The zero-order chi connectivity index (χ0) is 17.8. The zero-order valence-electron chi connectivity index (χ0n) is 13.1. The quantitative estimate of drug-likeness (QED) is 0.114. The molecule has 0 aliphatic rings. The molecule has 0 radical (unpaired) electrons. The first-order valence-corrected chi connectivity index (χ1v) is 7.20. The highest BCUT2D eigenvalue weighted by Gasteiger charge is 2.21. The van der Waals surface area contributed by atoms with E-state index in [1.165, 1.54) is 0 Å². The van der Waals surface area contributed by atoms with E-state index in [1.54, 1.807) is 0 Å². The van der Waals surface area contributed by atoms with Gasteiger partial charge in [0.2, 0.25) is 11.8 Å². The highest BCUT2D eigenvalue weighted by Crippen LogP contribution is 2.01. The largest absolute Gasteiger partial charge is 0.370 e. The van der Waals surface area contributed by atoms with E-state index in [2.05, 4.69) is 15.3 Å². The fraction of sp³-hybridized carbons (Fsp3) is 0.667. The molecule has 0 bridgehead atoms. The van der Waals surface area contributed by atoms with E-state index in [1.807, 2.05) is 0 Å². The third-order valence-corrected chi connectivity index (χ3v) is 2.91. The van der Waals surface area contributed by atoms with Gasteiger partial charge in [-0.25, -0.2) is 0 Å². The van der Waals surface area contributed by atoms with Crippen molar-refractivity contribution in [2.24, 2.45) is 44.4 Å². The lowest BCUT2D eigenvalue weighted by molar-refractivity contribution is -0.128. The molecule has 132 valence electrons. The topological polar surface area (TPSA) is 227 Å². The summed E-state index contributed by atoms with van der Waals surface area (Å²) in [5.41, 5.74) is 31.8. The van der Waals surface area contributed by atoms with Crippen LogP contribution in [0.4, 0.5) is 0 Å². The maximum atomic E-state index is 11.9. The van der Waals surface area contributed by atoms with E-state index in [0.717, 1.165) is 0 Å². The van der Waals surface area contributed by atoms with Gasteiger partial charge < -0.3 is 39.7 Å². The number of nitrogens with zero attached hydrogens (tertiary/aromatic N) is 2. The first kappa shape index (κ1) is 20.4. The minimum Gasteiger partial charge on any atom is -0.370 e. The third-order valence-electron chi connectivity index (χ3n) is 2.91. The van der Waals surface area contributed by atoms with Crippen molar-refractivity contribution in [2.75, 3.05) is 13.1 Å². The Balaban J connectivity index is 4.24. The summed E-state index contributed by atoms with van der Waals surface area (Å²) in [5.74, 6) is -1.15. The van der Waals surface area contributed by atoms with Crippen LogP contribution in [0.3, 0.4) is 0 Å². The number of carbonyl (C=O) groups is 2. The van der Waals surface area contributed by atoms with E-state index in [0.29, 0.717) is 38.8 Å². The van der Waals surface area contributed by atoms with Gasteiger partial charge in [-0.1, -0.05) is 0 Å². The summed E-state index contributed by atoms with van der Waals surface area (Å²) in [5, 5.41) is 2.52. The molecule has 2 amide bonds. The van der Waals surface area contributed by atoms with Crippen molar-refractivity contribution in [3.63, 3.8) is 0 Å². The summed E-state index contributed by atoms with van der Waals surface area (Å²) >= 11 is 0. The molecule has 0 fully saturated rings. The van der Waals surface area contributed by atoms with Crippen molar-refractivity contribution < 1.29 is 9.59 Å². The number of carbonyl (C=O) groups excluding carboxylic acids is 2. The number of guanidine groups is 2. The van der Waals surface area contributed by atoms with Crippen LogP contribution in [0, 0.1) is 0 Å². The van der Waals surface area contributed by atoms with Crippen LogP contribution >= 0.6 is 0 Å². The number of rotatable bonds is 11. The van der Waals surface area contributed by atoms with Gasteiger partial charge in [0.05, 0.1) is 6.04 Å². The molecule has 0 rings (SSSR count). The van der Waals surface area contributed by atoms with E-state index < -0.39 is 23.9 Å². The highest BCUT2D eigenvalue weighted by atomic mass is 16.2. The van der Waals surface area contributed by atoms with Crippen molar-refractivity contribution in [2.45, 2.75) is 37.8 Å². The molecule has 13 N–H and O–H groups in total. The standard InChI is InChI=1S/C12H27N9O2/c13-7(3-1-5-19-11(15)16)10(23)21-8(9(14)22)4-2-6-20-12(17)18/h7-8H,1-6,13H2,(H2,14,22)(H,21,23)(H4,15,16,19)(H4,17,18,20)/t7-,8-/m0/s1. The predicted octanol–water partition coefficient (Wildman–Crippen LogP) is -3.61. The molecule has 0 heterocycles. The monoisotopic (exact) mass is 329 g/mol. The number of hydrogen-bond donors (Lipinski definition) is 7. The van der Waals surface area contributed by atoms with Gasteiger partial charge in [-0.15, -0.1) is 0 Å². The molecule has 0 aromatic rings. The number of hydrogen-bond acceptors (Lipinski definition) is 5. The molecule has 0 saturated heterocycles. The Hall–Kier alpha value is -2.56. The van der Waals surface area contributed by atoms with Crippen LogP contribution in [0.1, 0.15) is 25.7 Å². The van der Waals surface area contributed by atoms with Crippen LogP contribution in [0.2, 0.25) is 0 Å². The van der Waals surface area contributed by atoms with Crippen molar-refractivity contribution in [3.8, 4) is 0 Å². The molecule has 0 aliphatic carbocycles. The Morgan fingerprint density at radius 2 is 1.35 bits per heavy atom. The lowest BCUT2D eigenvalue weighted by atomic mass is 10.1. The maximum absolute atomic E-state index is 11.9. The molecule has 0 aromatic carbocycles. The Kier molecular flexibility index (Phi) is 9.83. The van der Waals surface area contributed by atoms with Crippen molar-refractivity contribution in [1.82, 2.24) is 5.32 Å². The minimum atomic E-state index is -0.819. The second-order valence-electron chi connectivity index (χ2n) is 4.97. The van der Waals surface area contributed by atoms with Crippen molar-refractivity contribution in [1.29, 1.82) is 0 Å². The normalized spacial score (nSPS) is 12.7. The lowest BCUT2D eigenvalue weighted by Gasteiger charge is -2.18. The van der Waals surface area contributed by atoms with Crippen LogP contribution in [-0.4, -0.2) is 48.9 Å². The Morgan fingerprint density at radius 3 is 1.78 bits per heavy atom. The molecule has 0 aliphatic heterocycles. The van der Waals surface area contributed by atoms with Crippen LogP contribution < -0.4 is 39.7 Å². The van der Waals surface area contributed by atoms with Gasteiger partial charge in [0, 0.05) is 13.1 Å². The van der Waals surface area contributed by atoms with Gasteiger partial charge in [-0.05, 0) is 25.7 Å².